The molecular formula is C25H29N5O3S. The van der Waals surface area contributed by atoms with Crippen LogP contribution in [0.25, 0.3) is 10.9 Å². The third-order valence-corrected chi connectivity index (χ3v) is 8.53. The summed E-state index contributed by atoms with van der Waals surface area (Å²) in [4.78, 5) is 24.3. The standard InChI is InChI=1S/C25H29N5O3S/c31-25(27-17-21-7-1-2-12-26-21)20-6-5-13-29(18-20)24-11-8-19-16-22(9-10-23(19)28-24)34(32,33)30-14-3-4-15-30/h1-2,7-12,16,20H,3-6,13-15,17-18H2,(H,27,31)/t20-/m1/s1. The number of piperidine rings is 1. The third-order valence-electron chi connectivity index (χ3n) is 6.63. The maximum Gasteiger partial charge on any atom is 0.243 e. The lowest BCUT2D eigenvalue weighted by atomic mass is 9.97. The Kier molecular flexibility index (Phi) is 6.47. The van der Waals surface area contributed by atoms with E-state index in [-0.39, 0.29) is 11.8 Å². The number of rotatable bonds is 6. The lowest BCUT2D eigenvalue weighted by molar-refractivity contribution is -0.125. The van der Waals surface area contributed by atoms with Crippen molar-refractivity contribution in [3.05, 3.63) is 60.4 Å². The van der Waals surface area contributed by atoms with Gasteiger partial charge in [-0.15, -0.1) is 0 Å². The molecule has 1 N–H and O–H groups in total. The van der Waals surface area contributed by atoms with Crippen molar-refractivity contribution in [2.24, 2.45) is 5.92 Å². The topological polar surface area (TPSA) is 95.5 Å². The van der Waals surface area contributed by atoms with E-state index in [0.29, 0.717) is 31.1 Å². The first-order chi connectivity index (χ1) is 16.5. The van der Waals surface area contributed by atoms with Crippen LogP contribution in [0, 0.1) is 5.92 Å². The van der Waals surface area contributed by atoms with E-state index in [2.05, 4.69) is 15.2 Å². The largest absolute Gasteiger partial charge is 0.356 e. The smallest absolute Gasteiger partial charge is 0.243 e. The predicted molar refractivity (Wildman–Crippen MR) is 131 cm³/mol. The zero-order valence-corrected chi connectivity index (χ0v) is 19.9. The SMILES string of the molecule is O=C(NCc1ccccn1)[C@@H]1CCCN(c2ccc3cc(S(=O)(=O)N4CCCC4)ccc3n2)C1. The Morgan fingerprint density at radius 1 is 1.03 bits per heavy atom. The molecule has 8 nitrogen and oxygen atoms in total. The minimum Gasteiger partial charge on any atom is -0.356 e. The molecule has 0 bridgehead atoms. The molecule has 0 saturated carbocycles. The van der Waals surface area contributed by atoms with Crippen LogP contribution in [0.1, 0.15) is 31.4 Å². The van der Waals surface area contributed by atoms with Crippen LogP contribution in [-0.4, -0.2) is 54.8 Å². The average Bonchev–Trinajstić information content (AvgIpc) is 3.43. The van der Waals surface area contributed by atoms with Crippen LogP contribution in [0.4, 0.5) is 5.82 Å². The molecule has 2 aliphatic rings. The fourth-order valence-corrected chi connectivity index (χ4v) is 6.28. The Morgan fingerprint density at radius 2 is 1.88 bits per heavy atom. The summed E-state index contributed by atoms with van der Waals surface area (Å²) >= 11 is 0. The number of amides is 1. The van der Waals surface area contributed by atoms with E-state index in [0.717, 1.165) is 54.6 Å². The molecule has 4 heterocycles. The van der Waals surface area contributed by atoms with Crippen LogP contribution in [0.3, 0.4) is 0 Å². The van der Waals surface area contributed by atoms with E-state index in [1.165, 1.54) is 0 Å². The summed E-state index contributed by atoms with van der Waals surface area (Å²) in [5, 5.41) is 3.80. The summed E-state index contributed by atoms with van der Waals surface area (Å²) in [5.41, 5.74) is 1.59. The molecule has 1 amide bonds. The number of anilines is 1. The van der Waals surface area contributed by atoms with Crippen molar-refractivity contribution in [1.29, 1.82) is 0 Å². The molecule has 2 fully saturated rings. The molecular weight excluding hydrogens is 450 g/mol. The van der Waals surface area contributed by atoms with E-state index in [1.807, 2.05) is 30.3 Å². The lowest BCUT2D eigenvalue weighted by Crippen LogP contribution is -2.43. The number of sulfonamides is 1. The highest BCUT2D eigenvalue weighted by atomic mass is 32.2. The summed E-state index contributed by atoms with van der Waals surface area (Å²) in [5.74, 6) is 0.737. The van der Waals surface area contributed by atoms with Gasteiger partial charge in [0.1, 0.15) is 5.82 Å². The van der Waals surface area contributed by atoms with Crippen LogP contribution in [0.15, 0.2) is 59.6 Å². The van der Waals surface area contributed by atoms with Gasteiger partial charge in [0.25, 0.3) is 0 Å². The number of hydrogen-bond donors (Lipinski definition) is 1. The minimum atomic E-state index is -3.46. The van der Waals surface area contributed by atoms with Gasteiger partial charge in [0.15, 0.2) is 0 Å². The number of nitrogens with zero attached hydrogens (tertiary/aromatic N) is 4. The van der Waals surface area contributed by atoms with Crippen molar-refractivity contribution in [3.63, 3.8) is 0 Å². The Bertz CT molecular complexity index is 1280. The molecule has 0 unspecified atom stereocenters. The number of pyridine rings is 2. The highest BCUT2D eigenvalue weighted by Crippen LogP contribution is 2.27. The molecule has 2 aliphatic heterocycles. The first kappa shape index (κ1) is 22.7. The number of benzene rings is 1. The van der Waals surface area contributed by atoms with Gasteiger partial charge in [-0.25, -0.2) is 13.4 Å². The first-order valence-electron chi connectivity index (χ1n) is 11.8. The Morgan fingerprint density at radius 3 is 2.68 bits per heavy atom. The molecule has 5 rings (SSSR count). The van der Waals surface area contributed by atoms with Crippen LogP contribution in [0.2, 0.25) is 0 Å². The van der Waals surface area contributed by atoms with Crippen molar-refractivity contribution >= 4 is 32.7 Å². The van der Waals surface area contributed by atoms with Crippen molar-refractivity contribution < 1.29 is 13.2 Å². The van der Waals surface area contributed by atoms with Crippen molar-refractivity contribution in [2.45, 2.75) is 37.1 Å². The van der Waals surface area contributed by atoms with Crippen LogP contribution in [0.5, 0.6) is 0 Å². The average molecular weight is 480 g/mol. The van der Waals surface area contributed by atoms with Gasteiger partial charge in [0.2, 0.25) is 15.9 Å². The first-order valence-corrected chi connectivity index (χ1v) is 13.3. The highest BCUT2D eigenvalue weighted by molar-refractivity contribution is 7.89. The van der Waals surface area contributed by atoms with Gasteiger partial charge in [-0.2, -0.15) is 4.31 Å². The zero-order chi connectivity index (χ0) is 23.5. The minimum absolute atomic E-state index is 0.0351. The molecule has 1 aromatic carbocycles. The van der Waals surface area contributed by atoms with E-state index in [9.17, 15) is 13.2 Å². The normalized spacial score (nSPS) is 19.4. The molecule has 1 atom stereocenters. The summed E-state index contributed by atoms with van der Waals surface area (Å²) in [7, 11) is -3.46. The Hall–Kier alpha value is -3.04. The second-order valence-corrected chi connectivity index (χ2v) is 10.9. The maximum atomic E-state index is 12.9. The number of carbonyl (C=O) groups excluding carboxylic acids is 1. The fourth-order valence-electron chi connectivity index (χ4n) is 4.73. The van der Waals surface area contributed by atoms with Crippen molar-refractivity contribution in [2.75, 3.05) is 31.1 Å². The second-order valence-electron chi connectivity index (χ2n) is 8.96. The quantitative estimate of drug-likeness (QED) is 0.584. The predicted octanol–water partition coefficient (Wildman–Crippen LogP) is 2.95. The van der Waals surface area contributed by atoms with Gasteiger partial charge in [-0.3, -0.25) is 9.78 Å². The molecule has 0 aliphatic carbocycles. The van der Waals surface area contributed by atoms with Gasteiger partial charge in [0.05, 0.1) is 28.6 Å². The molecule has 0 radical (unpaired) electrons. The monoisotopic (exact) mass is 479 g/mol. The van der Waals surface area contributed by atoms with Gasteiger partial charge >= 0.3 is 0 Å². The summed E-state index contributed by atoms with van der Waals surface area (Å²) in [6.45, 7) is 3.04. The molecule has 2 aromatic heterocycles. The molecule has 2 saturated heterocycles. The van der Waals surface area contributed by atoms with Gasteiger partial charge in [-0.05, 0) is 68.1 Å². The highest BCUT2D eigenvalue weighted by Gasteiger charge is 2.28. The number of carbonyl (C=O) groups is 1. The summed E-state index contributed by atoms with van der Waals surface area (Å²) in [6.07, 6.45) is 5.30. The van der Waals surface area contributed by atoms with E-state index in [4.69, 9.17) is 4.98 Å². The molecule has 9 heteroatoms. The van der Waals surface area contributed by atoms with Crippen molar-refractivity contribution in [3.8, 4) is 0 Å². The van der Waals surface area contributed by atoms with Gasteiger partial charge in [-0.1, -0.05) is 6.07 Å². The third kappa shape index (κ3) is 4.76. The zero-order valence-electron chi connectivity index (χ0n) is 19.1. The number of fused-ring (bicyclic) bond motifs is 1. The van der Waals surface area contributed by atoms with Crippen molar-refractivity contribution in [1.82, 2.24) is 19.6 Å². The number of hydrogen-bond acceptors (Lipinski definition) is 6. The summed E-state index contributed by atoms with van der Waals surface area (Å²) in [6, 6.07) is 14.6. The fraction of sp³-hybridized carbons (Fsp3) is 0.400. The second kappa shape index (κ2) is 9.68. The van der Waals surface area contributed by atoms with E-state index >= 15 is 0 Å². The maximum absolute atomic E-state index is 12.9. The lowest BCUT2D eigenvalue weighted by Gasteiger charge is -2.33. The Balaban J connectivity index is 1.28. The van der Waals surface area contributed by atoms with Gasteiger partial charge in [0, 0.05) is 37.8 Å². The molecule has 0 spiro atoms. The van der Waals surface area contributed by atoms with Crippen LogP contribution < -0.4 is 10.2 Å². The molecule has 34 heavy (non-hydrogen) atoms. The summed E-state index contributed by atoms with van der Waals surface area (Å²) < 4.78 is 27.3. The molecule has 3 aromatic rings. The number of nitrogens with one attached hydrogen (secondary N) is 1. The van der Waals surface area contributed by atoms with E-state index < -0.39 is 10.0 Å². The molecule has 178 valence electrons. The van der Waals surface area contributed by atoms with Crippen LogP contribution >= 0.6 is 0 Å². The Labute approximate surface area is 200 Å². The number of aromatic nitrogens is 2. The van der Waals surface area contributed by atoms with Crippen LogP contribution in [-0.2, 0) is 21.4 Å². The van der Waals surface area contributed by atoms with Gasteiger partial charge < -0.3 is 10.2 Å². The van der Waals surface area contributed by atoms with E-state index in [1.54, 1.807) is 28.7 Å².